The van der Waals surface area contributed by atoms with Crippen molar-refractivity contribution in [3.05, 3.63) is 77.7 Å². The van der Waals surface area contributed by atoms with Crippen molar-refractivity contribution in [1.82, 2.24) is 9.97 Å². The third-order valence-corrected chi connectivity index (χ3v) is 5.24. The zero-order valence-electron chi connectivity index (χ0n) is 16.1. The fourth-order valence-corrected chi connectivity index (χ4v) is 3.74. The van der Waals surface area contributed by atoms with Gasteiger partial charge in [0.2, 0.25) is 5.95 Å². The van der Waals surface area contributed by atoms with Gasteiger partial charge in [0.25, 0.3) is 0 Å². The van der Waals surface area contributed by atoms with E-state index >= 15 is 0 Å². The van der Waals surface area contributed by atoms with Crippen molar-refractivity contribution in [3.8, 4) is 0 Å². The standard InChI is InChI=1S/C23H25FN4/c1-17-15-22(26-21-10-6-5-9-20(21)24)27-23(25-17)28-13-11-19(12-14-28)16-18-7-3-2-4-8-18/h2-10,15,19H,11-14,16H2,1H3,(H,25,26,27). The number of hydrogen-bond donors (Lipinski definition) is 1. The molecule has 0 amide bonds. The number of para-hydroxylation sites is 1. The van der Waals surface area contributed by atoms with Gasteiger partial charge >= 0.3 is 0 Å². The third kappa shape index (κ3) is 4.47. The molecule has 1 aromatic heterocycles. The topological polar surface area (TPSA) is 41.1 Å². The van der Waals surface area contributed by atoms with Gasteiger partial charge in [-0.3, -0.25) is 0 Å². The minimum Gasteiger partial charge on any atom is -0.341 e. The van der Waals surface area contributed by atoms with Crippen molar-refractivity contribution in [2.24, 2.45) is 5.92 Å². The van der Waals surface area contributed by atoms with Gasteiger partial charge in [-0.1, -0.05) is 42.5 Å². The van der Waals surface area contributed by atoms with E-state index < -0.39 is 0 Å². The molecule has 28 heavy (non-hydrogen) atoms. The first-order valence-electron chi connectivity index (χ1n) is 9.83. The summed E-state index contributed by atoms with van der Waals surface area (Å²) < 4.78 is 13.9. The molecule has 0 saturated carbocycles. The van der Waals surface area contributed by atoms with Crippen LogP contribution in [-0.2, 0) is 6.42 Å². The summed E-state index contributed by atoms with van der Waals surface area (Å²) in [5.41, 5.74) is 2.70. The van der Waals surface area contributed by atoms with E-state index in [2.05, 4.69) is 50.5 Å². The molecule has 1 fully saturated rings. The summed E-state index contributed by atoms with van der Waals surface area (Å²) in [7, 11) is 0. The molecule has 0 unspecified atom stereocenters. The number of hydrogen-bond acceptors (Lipinski definition) is 4. The lowest BCUT2D eigenvalue weighted by Gasteiger charge is -2.32. The highest BCUT2D eigenvalue weighted by atomic mass is 19.1. The Balaban J connectivity index is 1.42. The van der Waals surface area contributed by atoms with Crippen LogP contribution in [0.15, 0.2) is 60.7 Å². The maximum Gasteiger partial charge on any atom is 0.227 e. The monoisotopic (exact) mass is 376 g/mol. The number of piperidine rings is 1. The van der Waals surface area contributed by atoms with E-state index in [1.165, 1.54) is 11.6 Å². The average Bonchev–Trinajstić information content (AvgIpc) is 2.71. The molecule has 3 aromatic rings. The molecule has 0 aliphatic carbocycles. The van der Waals surface area contributed by atoms with Gasteiger partial charge in [-0.25, -0.2) is 9.37 Å². The highest BCUT2D eigenvalue weighted by molar-refractivity contribution is 5.58. The normalized spacial score (nSPS) is 14.9. The first-order chi connectivity index (χ1) is 13.7. The Kier molecular flexibility index (Phi) is 5.51. The van der Waals surface area contributed by atoms with Gasteiger partial charge < -0.3 is 10.2 Å². The molecule has 1 aliphatic heterocycles. The Labute approximate surface area is 165 Å². The van der Waals surface area contributed by atoms with Crippen molar-refractivity contribution < 1.29 is 4.39 Å². The molecular formula is C23H25FN4. The number of aryl methyl sites for hydroxylation is 1. The van der Waals surface area contributed by atoms with E-state index in [9.17, 15) is 4.39 Å². The second kappa shape index (κ2) is 8.38. The summed E-state index contributed by atoms with van der Waals surface area (Å²) >= 11 is 0. The molecule has 1 N–H and O–H groups in total. The van der Waals surface area contributed by atoms with Crippen molar-refractivity contribution in [3.63, 3.8) is 0 Å². The summed E-state index contributed by atoms with van der Waals surface area (Å²) in [5, 5.41) is 3.08. The fraction of sp³-hybridized carbons (Fsp3) is 0.304. The average molecular weight is 376 g/mol. The molecule has 1 saturated heterocycles. The molecule has 0 radical (unpaired) electrons. The summed E-state index contributed by atoms with van der Waals surface area (Å²) in [5.74, 6) is 1.75. The second-order valence-electron chi connectivity index (χ2n) is 7.42. The van der Waals surface area contributed by atoms with Crippen molar-refractivity contribution in [1.29, 1.82) is 0 Å². The third-order valence-electron chi connectivity index (χ3n) is 5.24. The molecule has 144 valence electrons. The van der Waals surface area contributed by atoms with Crippen LogP contribution in [0.3, 0.4) is 0 Å². The van der Waals surface area contributed by atoms with Gasteiger partial charge in [-0.2, -0.15) is 4.98 Å². The van der Waals surface area contributed by atoms with Gasteiger partial charge in [0.05, 0.1) is 5.69 Å². The van der Waals surface area contributed by atoms with E-state index in [1.54, 1.807) is 18.2 Å². The van der Waals surface area contributed by atoms with Crippen LogP contribution in [0, 0.1) is 18.7 Å². The fourth-order valence-electron chi connectivity index (χ4n) is 3.74. The number of rotatable bonds is 5. The number of halogens is 1. The Morgan fingerprint density at radius 2 is 1.71 bits per heavy atom. The molecule has 0 atom stereocenters. The molecule has 0 bridgehead atoms. The van der Waals surface area contributed by atoms with Gasteiger partial charge in [-0.15, -0.1) is 0 Å². The summed E-state index contributed by atoms with van der Waals surface area (Å²) in [6.07, 6.45) is 3.38. The lowest BCUT2D eigenvalue weighted by molar-refractivity contribution is 0.400. The van der Waals surface area contributed by atoms with Crippen LogP contribution in [0.2, 0.25) is 0 Å². The zero-order valence-corrected chi connectivity index (χ0v) is 16.1. The number of benzene rings is 2. The molecule has 4 nitrogen and oxygen atoms in total. The van der Waals surface area contributed by atoms with Gasteiger partial charge in [0, 0.05) is 24.8 Å². The summed E-state index contributed by atoms with van der Waals surface area (Å²) in [6.45, 7) is 3.83. The predicted octanol–water partition coefficient (Wildman–Crippen LogP) is 5.13. The zero-order chi connectivity index (χ0) is 19.3. The smallest absolute Gasteiger partial charge is 0.227 e. The minimum absolute atomic E-state index is 0.290. The second-order valence-corrected chi connectivity index (χ2v) is 7.42. The van der Waals surface area contributed by atoms with E-state index in [-0.39, 0.29) is 5.82 Å². The molecule has 5 heteroatoms. The lowest BCUT2D eigenvalue weighted by Crippen LogP contribution is -2.35. The van der Waals surface area contributed by atoms with Crippen LogP contribution in [0.5, 0.6) is 0 Å². The van der Waals surface area contributed by atoms with Crippen molar-refractivity contribution in [2.45, 2.75) is 26.2 Å². The van der Waals surface area contributed by atoms with Crippen LogP contribution in [0.1, 0.15) is 24.1 Å². The first kappa shape index (κ1) is 18.4. The largest absolute Gasteiger partial charge is 0.341 e. The van der Waals surface area contributed by atoms with Crippen LogP contribution in [0.25, 0.3) is 0 Å². The summed E-state index contributed by atoms with van der Waals surface area (Å²) in [6, 6.07) is 19.2. The van der Waals surface area contributed by atoms with Crippen LogP contribution in [-0.4, -0.2) is 23.1 Å². The Hall–Kier alpha value is -2.95. The van der Waals surface area contributed by atoms with Crippen LogP contribution < -0.4 is 10.2 Å². The maximum absolute atomic E-state index is 13.9. The highest BCUT2D eigenvalue weighted by Crippen LogP contribution is 2.26. The highest BCUT2D eigenvalue weighted by Gasteiger charge is 2.22. The Morgan fingerprint density at radius 3 is 2.46 bits per heavy atom. The molecular weight excluding hydrogens is 351 g/mol. The van der Waals surface area contributed by atoms with Crippen molar-refractivity contribution in [2.75, 3.05) is 23.3 Å². The maximum atomic E-state index is 13.9. The molecule has 2 heterocycles. The van der Waals surface area contributed by atoms with Crippen molar-refractivity contribution >= 4 is 17.5 Å². The quantitative estimate of drug-likeness (QED) is 0.670. The minimum atomic E-state index is -0.290. The van der Waals surface area contributed by atoms with Crippen LogP contribution >= 0.6 is 0 Å². The SMILES string of the molecule is Cc1cc(Nc2ccccc2F)nc(N2CCC(Cc3ccccc3)CC2)n1. The van der Waals surface area contributed by atoms with E-state index in [4.69, 9.17) is 0 Å². The van der Waals surface area contributed by atoms with E-state index in [0.29, 0.717) is 17.4 Å². The van der Waals surface area contributed by atoms with Gasteiger partial charge in [0.1, 0.15) is 11.6 Å². The molecule has 0 spiro atoms. The first-order valence-corrected chi connectivity index (χ1v) is 9.83. The molecule has 1 aliphatic rings. The molecule has 4 rings (SSSR count). The van der Waals surface area contributed by atoms with E-state index in [1.807, 2.05) is 13.0 Å². The predicted molar refractivity (Wildman–Crippen MR) is 112 cm³/mol. The van der Waals surface area contributed by atoms with E-state index in [0.717, 1.165) is 44.0 Å². The van der Waals surface area contributed by atoms with Gasteiger partial charge in [0.15, 0.2) is 0 Å². The summed E-state index contributed by atoms with van der Waals surface area (Å²) in [4.78, 5) is 11.5. The Morgan fingerprint density at radius 1 is 1.00 bits per heavy atom. The number of anilines is 3. The number of aromatic nitrogens is 2. The molecule has 2 aromatic carbocycles. The number of nitrogens with one attached hydrogen (secondary N) is 1. The van der Waals surface area contributed by atoms with Gasteiger partial charge in [-0.05, 0) is 49.8 Å². The van der Waals surface area contributed by atoms with Crippen LogP contribution in [0.4, 0.5) is 21.8 Å². The lowest BCUT2D eigenvalue weighted by atomic mass is 9.90. The number of nitrogens with zero attached hydrogens (tertiary/aromatic N) is 3. The Bertz CT molecular complexity index is 921.